The van der Waals surface area contributed by atoms with Crippen molar-refractivity contribution in [1.82, 2.24) is 5.32 Å². The van der Waals surface area contributed by atoms with Gasteiger partial charge in [-0.15, -0.1) is 0 Å². The van der Waals surface area contributed by atoms with Gasteiger partial charge in [0.2, 0.25) is 0 Å². The summed E-state index contributed by atoms with van der Waals surface area (Å²) in [6.07, 6.45) is 1.18. The molecule has 0 aromatic heterocycles. The third-order valence-electron chi connectivity index (χ3n) is 3.37. The Morgan fingerprint density at radius 3 is 3.05 bits per heavy atom. The van der Waals surface area contributed by atoms with E-state index >= 15 is 0 Å². The Hall–Kier alpha value is -1.73. The largest absolute Gasteiger partial charge is 0.494 e. The van der Waals surface area contributed by atoms with Gasteiger partial charge in [-0.2, -0.15) is 5.26 Å². The first kappa shape index (κ1) is 14.7. The van der Waals surface area contributed by atoms with E-state index in [2.05, 4.69) is 30.4 Å². The van der Waals surface area contributed by atoms with Gasteiger partial charge < -0.3 is 14.8 Å². The lowest BCUT2D eigenvalue weighted by Crippen LogP contribution is -2.20. The average Bonchev–Trinajstić information content (AvgIpc) is 2.78. The van der Waals surface area contributed by atoms with Crippen LogP contribution in [0, 0.1) is 17.2 Å². The second-order valence-corrected chi connectivity index (χ2v) is 5.29. The van der Waals surface area contributed by atoms with Crippen LogP contribution in [0.15, 0.2) is 12.1 Å². The molecule has 0 fully saturated rings. The van der Waals surface area contributed by atoms with Gasteiger partial charge in [-0.05, 0) is 32.9 Å². The quantitative estimate of drug-likeness (QED) is 0.866. The lowest BCUT2D eigenvalue weighted by Gasteiger charge is -2.13. The van der Waals surface area contributed by atoms with Crippen LogP contribution < -0.4 is 14.8 Å². The molecule has 0 aliphatic carbocycles. The number of hydrogen-bond acceptors (Lipinski definition) is 4. The Labute approximate surface area is 120 Å². The van der Waals surface area contributed by atoms with Gasteiger partial charge in [0.1, 0.15) is 17.6 Å². The summed E-state index contributed by atoms with van der Waals surface area (Å²) in [5.41, 5.74) is 2.31. The van der Waals surface area contributed by atoms with Crippen LogP contribution in [0.4, 0.5) is 0 Å². The van der Waals surface area contributed by atoms with Gasteiger partial charge in [-0.3, -0.25) is 0 Å². The number of nitrogens with one attached hydrogen (secondary N) is 1. The summed E-state index contributed by atoms with van der Waals surface area (Å²) in [5, 5.41) is 12.1. The molecule has 0 saturated carbocycles. The standard InChI is InChI=1S/C16H22N2O2/c1-4-19-15-6-13-5-12(3)20-16(13)7-14(15)10-18-9-11(2)8-17/h6-7,11-12,18H,4-5,9-10H2,1-3H3. The summed E-state index contributed by atoms with van der Waals surface area (Å²) in [6, 6.07) is 6.37. The zero-order chi connectivity index (χ0) is 14.5. The number of ether oxygens (including phenoxy) is 2. The molecule has 1 aliphatic heterocycles. The molecule has 4 heteroatoms. The Bertz CT molecular complexity index is 508. The zero-order valence-electron chi connectivity index (χ0n) is 12.4. The molecular formula is C16H22N2O2. The molecule has 1 N–H and O–H groups in total. The van der Waals surface area contributed by atoms with Gasteiger partial charge in [0.05, 0.1) is 18.6 Å². The third-order valence-corrected chi connectivity index (χ3v) is 3.37. The topological polar surface area (TPSA) is 54.3 Å². The number of benzene rings is 1. The minimum atomic E-state index is 0.0104. The number of rotatable bonds is 6. The van der Waals surface area contributed by atoms with E-state index in [1.165, 1.54) is 5.56 Å². The molecule has 108 valence electrons. The van der Waals surface area contributed by atoms with Crippen molar-refractivity contribution in [2.24, 2.45) is 5.92 Å². The molecular weight excluding hydrogens is 252 g/mol. The molecule has 1 aromatic carbocycles. The first-order chi connectivity index (χ1) is 9.63. The highest BCUT2D eigenvalue weighted by Gasteiger charge is 2.21. The highest BCUT2D eigenvalue weighted by Crippen LogP contribution is 2.35. The summed E-state index contributed by atoms with van der Waals surface area (Å²) in [7, 11) is 0. The van der Waals surface area contributed by atoms with E-state index in [0.29, 0.717) is 19.7 Å². The normalized spacial score (nSPS) is 18.0. The number of nitrogens with zero attached hydrogens (tertiary/aromatic N) is 1. The van der Waals surface area contributed by atoms with Crippen LogP contribution >= 0.6 is 0 Å². The molecule has 1 heterocycles. The van der Waals surface area contributed by atoms with E-state index in [1.54, 1.807) is 0 Å². The van der Waals surface area contributed by atoms with Gasteiger partial charge in [0, 0.05) is 30.6 Å². The summed E-state index contributed by atoms with van der Waals surface area (Å²) >= 11 is 0. The molecule has 1 aliphatic rings. The fraction of sp³-hybridized carbons (Fsp3) is 0.562. The van der Waals surface area contributed by atoms with Crippen molar-refractivity contribution in [3.05, 3.63) is 23.3 Å². The second kappa shape index (κ2) is 6.62. The molecule has 0 radical (unpaired) electrons. The summed E-state index contributed by atoms with van der Waals surface area (Å²) in [5.74, 6) is 1.89. The summed E-state index contributed by atoms with van der Waals surface area (Å²) in [6.45, 7) is 7.98. The highest BCUT2D eigenvalue weighted by molar-refractivity contribution is 5.48. The van der Waals surface area contributed by atoms with E-state index in [9.17, 15) is 0 Å². The van der Waals surface area contributed by atoms with Crippen molar-refractivity contribution >= 4 is 0 Å². The van der Waals surface area contributed by atoms with Crippen molar-refractivity contribution in [2.75, 3.05) is 13.2 Å². The number of fused-ring (bicyclic) bond motifs is 1. The number of hydrogen-bond donors (Lipinski definition) is 1. The molecule has 20 heavy (non-hydrogen) atoms. The van der Waals surface area contributed by atoms with Crippen LogP contribution in [0.1, 0.15) is 31.9 Å². The number of nitriles is 1. The Morgan fingerprint density at radius 1 is 1.55 bits per heavy atom. The van der Waals surface area contributed by atoms with E-state index in [1.807, 2.05) is 13.8 Å². The molecule has 4 nitrogen and oxygen atoms in total. The molecule has 1 aromatic rings. The van der Waals surface area contributed by atoms with Crippen molar-refractivity contribution in [3.63, 3.8) is 0 Å². The second-order valence-electron chi connectivity index (χ2n) is 5.29. The third kappa shape index (κ3) is 3.43. The first-order valence-corrected chi connectivity index (χ1v) is 7.19. The predicted octanol–water partition coefficient (Wildman–Crippen LogP) is 2.66. The molecule has 2 atom stereocenters. The maximum absolute atomic E-state index is 8.79. The predicted molar refractivity (Wildman–Crippen MR) is 77.9 cm³/mol. The van der Waals surface area contributed by atoms with Gasteiger partial charge >= 0.3 is 0 Å². The van der Waals surface area contributed by atoms with Gasteiger partial charge in [0.25, 0.3) is 0 Å². The Kier molecular flexibility index (Phi) is 4.86. The van der Waals surface area contributed by atoms with Gasteiger partial charge in [-0.25, -0.2) is 0 Å². The Balaban J connectivity index is 2.10. The van der Waals surface area contributed by atoms with E-state index in [4.69, 9.17) is 14.7 Å². The molecule has 0 bridgehead atoms. The minimum Gasteiger partial charge on any atom is -0.494 e. The fourth-order valence-corrected chi connectivity index (χ4v) is 2.38. The summed E-state index contributed by atoms with van der Waals surface area (Å²) < 4.78 is 11.5. The van der Waals surface area contributed by atoms with Crippen LogP contribution in [0.25, 0.3) is 0 Å². The average molecular weight is 274 g/mol. The van der Waals surface area contributed by atoms with Crippen LogP contribution in [-0.2, 0) is 13.0 Å². The van der Waals surface area contributed by atoms with Crippen molar-refractivity contribution < 1.29 is 9.47 Å². The van der Waals surface area contributed by atoms with Gasteiger partial charge in [0.15, 0.2) is 0 Å². The van der Waals surface area contributed by atoms with Crippen LogP contribution in [-0.4, -0.2) is 19.3 Å². The van der Waals surface area contributed by atoms with E-state index < -0.39 is 0 Å². The van der Waals surface area contributed by atoms with Gasteiger partial charge in [-0.1, -0.05) is 0 Å². The van der Waals surface area contributed by atoms with Crippen LogP contribution in [0.5, 0.6) is 11.5 Å². The monoisotopic (exact) mass is 274 g/mol. The van der Waals surface area contributed by atoms with E-state index in [0.717, 1.165) is 23.5 Å². The molecule has 2 unspecified atom stereocenters. The van der Waals surface area contributed by atoms with Crippen LogP contribution in [0.3, 0.4) is 0 Å². The van der Waals surface area contributed by atoms with Crippen molar-refractivity contribution in [3.8, 4) is 17.6 Å². The smallest absolute Gasteiger partial charge is 0.124 e. The van der Waals surface area contributed by atoms with Crippen molar-refractivity contribution in [2.45, 2.75) is 39.8 Å². The molecule has 0 spiro atoms. The SMILES string of the molecule is CCOc1cc2c(cc1CNCC(C)C#N)OC(C)C2. The van der Waals surface area contributed by atoms with E-state index in [-0.39, 0.29) is 12.0 Å². The maximum Gasteiger partial charge on any atom is 0.124 e. The maximum atomic E-state index is 8.79. The minimum absolute atomic E-state index is 0.0104. The summed E-state index contributed by atoms with van der Waals surface area (Å²) in [4.78, 5) is 0. The molecule has 2 rings (SSSR count). The zero-order valence-corrected chi connectivity index (χ0v) is 12.4. The lowest BCUT2D eigenvalue weighted by atomic mass is 10.1. The van der Waals surface area contributed by atoms with Crippen molar-refractivity contribution in [1.29, 1.82) is 5.26 Å². The fourth-order valence-electron chi connectivity index (χ4n) is 2.38. The molecule has 0 saturated heterocycles. The first-order valence-electron chi connectivity index (χ1n) is 7.19. The lowest BCUT2D eigenvalue weighted by molar-refractivity contribution is 0.254. The molecule has 0 amide bonds. The highest BCUT2D eigenvalue weighted by atomic mass is 16.5. The Morgan fingerprint density at radius 2 is 2.35 bits per heavy atom. The van der Waals surface area contributed by atoms with Crippen LogP contribution in [0.2, 0.25) is 0 Å².